The first-order valence-corrected chi connectivity index (χ1v) is 11.3. The lowest BCUT2D eigenvalue weighted by molar-refractivity contribution is -0.133. The van der Waals surface area contributed by atoms with Crippen molar-refractivity contribution >= 4 is 40.3 Å². The van der Waals surface area contributed by atoms with Crippen LogP contribution < -0.4 is 5.32 Å². The Balaban J connectivity index is 1.72. The van der Waals surface area contributed by atoms with Gasteiger partial charge in [-0.05, 0) is 23.6 Å². The number of ether oxygens (including phenoxy) is 1. The predicted molar refractivity (Wildman–Crippen MR) is 121 cm³/mol. The molecule has 1 aliphatic rings. The van der Waals surface area contributed by atoms with Gasteiger partial charge in [0.25, 0.3) is 0 Å². The van der Waals surface area contributed by atoms with Crippen LogP contribution in [0, 0.1) is 11.8 Å². The Kier molecular flexibility index (Phi) is 7.55. The van der Waals surface area contributed by atoms with E-state index in [9.17, 15) is 9.59 Å². The highest BCUT2D eigenvalue weighted by Gasteiger charge is 2.41. The molecule has 3 rings (SSSR count). The second-order valence-electron chi connectivity index (χ2n) is 7.58. The zero-order chi connectivity index (χ0) is 21.7. The second kappa shape index (κ2) is 10.1. The Hall–Kier alpha value is -2.32. The number of furan rings is 1. The summed E-state index contributed by atoms with van der Waals surface area (Å²) in [4.78, 5) is 27.5. The number of carbonyl (C=O) groups is 2. The summed E-state index contributed by atoms with van der Waals surface area (Å²) in [5.74, 6) is 0.838. The lowest BCUT2D eigenvalue weighted by Crippen LogP contribution is -2.47. The van der Waals surface area contributed by atoms with Crippen LogP contribution in [-0.2, 0) is 16.1 Å². The first kappa shape index (κ1) is 22.4. The fourth-order valence-electron chi connectivity index (χ4n) is 3.34. The largest absolute Gasteiger partial charge is 0.467 e. The van der Waals surface area contributed by atoms with Crippen LogP contribution in [-0.4, -0.2) is 33.0 Å². The van der Waals surface area contributed by atoms with Gasteiger partial charge in [-0.25, -0.2) is 4.79 Å². The van der Waals surface area contributed by atoms with E-state index in [0.29, 0.717) is 10.1 Å². The summed E-state index contributed by atoms with van der Waals surface area (Å²) in [5.41, 5.74) is 0.880. The van der Waals surface area contributed by atoms with E-state index in [1.54, 1.807) is 24.0 Å². The van der Waals surface area contributed by atoms with E-state index in [4.69, 9.17) is 21.4 Å². The molecule has 160 valence electrons. The number of alkyl carbamates (subject to hydrolysis) is 1. The molecule has 3 atom stereocenters. The average Bonchev–Trinajstić information content (AvgIpc) is 3.40. The molecule has 1 N–H and O–H groups in total. The van der Waals surface area contributed by atoms with Crippen molar-refractivity contribution in [2.24, 2.45) is 11.8 Å². The lowest BCUT2D eigenvalue weighted by Gasteiger charge is -2.31. The quantitative estimate of drug-likeness (QED) is 0.618. The second-order valence-corrected chi connectivity index (χ2v) is 9.24. The third-order valence-electron chi connectivity index (χ3n) is 5.14. The molecule has 0 spiro atoms. The van der Waals surface area contributed by atoms with Crippen LogP contribution in [0.5, 0.6) is 0 Å². The van der Waals surface area contributed by atoms with Crippen molar-refractivity contribution in [1.29, 1.82) is 0 Å². The lowest BCUT2D eigenvalue weighted by atomic mass is 9.96. The predicted octanol–water partition coefficient (Wildman–Crippen LogP) is 4.77. The molecular weight excluding hydrogens is 420 g/mol. The van der Waals surface area contributed by atoms with Crippen LogP contribution in [0.1, 0.15) is 38.1 Å². The fourth-order valence-corrected chi connectivity index (χ4v) is 4.99. The zero-order valence-electron chi connectivity index (χ0n) is 17.2. The van der Waals surface area contributed by atoms with Crippen LogP contribution >= 0.6 is 24.0 Å². The Labute approximate surface area is 186 Å². The maximum atomic E-state index is 13.4. The molecule has 0 aliphatic carbocycles. The van der Waals surface area contributed by atoms with E-state index in [2.05, 4.69) is 19.2 Å². The van der Waals surface area contributed by atoms with Gasteiger partial charge in [-0.2, -0.15) is 0 Å². The minimum Gasteiger partial charge on any atom is -0.467 e. The SMILES string of the molecule is CC(C(=O)N1C(=S)SC[C@@H]1C(C)C)C(NC(=O)OCc1ccccc1)c1ccco1. The number of benzene rings is 1. The van der Waals surface area contributed by atoms with E-state index < -0.39 is 18.1 Å². The Morgan fingerprint density at radius 3 is 2.60 bits per heavy atom. The Bertz CT molecular complexity index is 871. The molecule has 0 saturated carbocycles. The molecule has 2 heterocycles. The van der Waals surface area contributed by atoms with Gasteiger partial charge in [-0.3, -0.25) is 9.69 Å². The normalized spacial score (nSPS) is 18.3. The van der Waals surface area contributed by atoms with Crippen molar-refractivity contribution in [2.75, 3.05) is 5.75 Å². The number of thioether (sulfide) groups is 1. The minimum atomic E-state index is -0.669. The third-order valence-corrected chi connectivity index (χ3v) is 6.64. The number of hydrogen-bond donors (Lipinski definition) is 1. The average molecular weight is 447 g/mol. The van der Waals surface area contributed by atoms with E-state index in [1.165, 1.54) is 18.0 Å². The van der Waals surface area contributed by atoms with Crippen molar-refractivity contribution < 1.29 is 18.7 Å². The topological polar surface area (TPSA) is 71.8 Å². The molecule has 2 amide bonds. The van der Waals surface area contributed by atoms with Crippen LogP contribution in [0.4, 0.5) is 4.79 Å². The van der Waals surface area contributed by atoms with Gasteiger partial charge in [0.15, 0.2) is 0 Å². The highest BCUT2D eigenvalue weighted by Crippen LogP contribution is 2.33. The van der Waals surface area contributed by atoms with Gasteiger partial charge in [0, 0.05) is 11.8 Å². The number of nitrogens with one attached hydrogen (secondary N) is 1. The summed E-state index contributed by atoms with van der Waals surface area (Å²) in [6.45, 7) is 6.07. The smallest absolute Gasteiger partial charge is 0.408 e. The number of carbonyl (C=O) groups excluding carboxylic acids is 2. The fraction of sp³-hybridized carbons (Fsp3) is 0.409. The van der Waals surface area contributed by atoms with Crippen LogP contribution in [0.25, 0.3) is 0 Å². The summed E-state index contributed by atoms with van der Waals surface area (Å²) in [6.07, 6.45) is 0.905. The molecule has 30 heavy (non-hydrogen) atoms. The monoisotopic (exact) mass is 446 g/mol. The van der Waals surface area contributed by atoms with Crippen molar-refractivity contribution in [3.63, 3.8) is 0 Å². The summed E-state index contributed by atoms with van der Waals surface area (Å²) >= 11 is 6.95. The highest BCUT2D eigenvalue weighted by molar-refractivity contribution is 8.23. The minimum absolute atomic E-state index is 0.0414. The molecule has 0 radical (unpaired) electrons. The highest BCUT2D eigenvalue weighted by atomic mass is 32.2. The van der Waals surface area contributed by atoms with Crippen molar-refractivity contribution in [3.8, 4) is 0 Å². The molecule has 1 saturated heterocycles. The molecule has 2 unspecified atom stereocenters. The molecule has 1 aliphatic heterocycles. The van der Waals surface area contributed by atoms with Gasteiger partial charge in [-0.1, -0.05) is 75.1 Å². The third kappa shape index (κ3) is 5.23. The Morgan fingerprint density at radius 2 is 1.97 bits per heavy atom. The van der Waals surface area contributed by atoms with E-state index >= 15 is 0 Å². The number of hydrogen-bond acceptors (Lipinski definition) is 6. The summed E-state index contributed by atoms with van der Waals surface area (Å²) < 4.78 is 11.4. The van der Waals surface area contributed by atoms with Crippen LogP contribution in [0.2, 0.25) is 0 Å². The van der Waals surface area contributed by atoms with Crippen LogP contribution in [0.15, 0.2) is 53.1 Å². The number of thiocarbonyl (C=S) groups is 1. The molecule has 8 heteroatoms. The number of rotatable bonds is 7. The maximum absolute atomic E-state index is 13.4. The van der Waals surface area contributed by atoms with Gasteiger partial charge >= 0.3 is 6.09 Å². The Morgan fingerprint density at radius 1 is 1.23 bits per heavy atom. The first-order chi connectivity index (χ1) is 14.4. The summed E-state index contributed by atoms with van der Waals surface area (Å²) in [5, 5.41) is 2.80. The first-order valence-electron chi connectivity index (χ1n) is 9.89. The number of amides is 2. The maximum Gasteiger partial charge on any atom is 0.408 e. The van der Waals surface area contributed by atoms with E-state index in [1.807, 2.05) is 30.3 Å². The van der Waals surface area contributed by atoms with Gasteiger partial charge < -0.3 is 14.5 Å². The summed E-state index contributed by atoms with van der Waals surface area (Å²) in [6, 6.07) is 12.2. The molecule has 1 aromatic heterocycles. The van der Waals surface area contributed by atoms with Gasteiger partial charge in [-0.15, -0.1) is 0 Å². The summed E-state index contributed by atoms with van der Waals surface area (Å²) in [7, 11) is 0. The van der Waals surface area contributed by atoms with Gasteiger partial charge in [0.05, 0.1) is 12.2 Å². The van der Waals surface area contributed by atoms with Gasteiger partial charge in [0.2, 0.25) is 5.91 Å². The van der Waals surface area contributed by atoms with Crippen LogP contribution in [0.3, 0.4) is 0 Å². The zero-order valence-corrected chi connectivity index (χ0v) is 18.9. The molecule has 6 nitrogen and oxygen atoms in total. The molecule has 1 aromatic carbocycles. The standard InChI is InChI=1S/C22H26N2O4S2/c1-14(2)17-13-30-22(29)24(17)20(25)15(3)19(18-10-7-11-27-18)23-21(26)28-12-16-8-5-4-6-9-16/h4-11,14-15,17,19H,12-13H2,1-3H3,(H,23,26)/t15?,17-,19?/m1/s1. The van der Waals surface area contributed by atoms with Crippen molar-refractivity contribution in [3.05, 3.63) is 60.1 Å². The molecule has 0 bridgehead atoms. The van der Waals surface area contributed by atoms with Crippen molar-refractivity contribution in [2.45, 2.75) is 39.5 Å². The molecule has 2 aromatic rings. The number of nitrogens with zero attached hydrogens (tertiary/aromatic N) is 1. The van der Waals surface area contributed by atoms with E-state index in [0.717, 1.165) is 11.3 Å². The molecular formula is C22H26N2O4S2. The molecule has 1 fully saturated rings. The van der Waals surface area contributed by atoms with Gasteiger partial charge in [0.1, 0.15) is 22.7 Å². The van der Waals surface area contributed by atoms with Crippen molar-refractivity contribution in [1.82, 2.24) is 10.2 Å². The van der Waals surface area contributed by atoms with E-state index in [-0.39, 0.29) is 24.5 Å².